The van der Waals surface area contributed by atoms with Crippen LogP contribution in [0.25, 0.3) is 0 Å². The van der Waals surface area contributed by atoms with Crippen LogP contribution in [0, 0.1) is 11.8 Å². The molecule has 1 saturated carbocycles. The fourth-order valence-corrected chi connectivity index (χ4v) is 3.28. The highest BCUT2D eigenvalue weighted by atomic mass is 16.5. The highest BCUT2D eigenvalue weighted by Gasteiger charge is 2.81. The molecule has 2 fully saturated rings. The molecule has 2 amide bonds. The van der Waals surface area contributed by atoms with Crippen molar-refractivity contribution in [3.05, 3.63) is 29.8 Å². The van der Waals surface area contributed by atoms with E-state index in [4.69, 9.17) is 10.5 Å². The van der Waals surface area contributed by atoms with Crippen molar-refractivity contribution in [1.29, 1.82) is 0 Å². The molecule has 0 spiro atoms. The lowest BCUT2D eigenvalue weighted by Crippen LogP contribution is -2.40. The van der Waals surface area contributed by atoms with Crippen molar-refractivity contribution >= 4 is 23.5 Å². The second-order valence-electron chi connectivity index (χ2n) is 5.18. The van der Waals surface area contributed by atoms with Crippen LogP contribution in [0.15, 0.2) is 24.3 Å². The molecular formula is C14H14N2O4. The summed E-state index contributed by atoms with van der Waals surface area (Å²) in [5.74, 6) is -2.59. The number of hydrogen-bond donors (Lipinski definition) is 1. The molecule has 0 aromatic heterocycles. The Morgan fingerprint density at radius 1 is 1.30 bits per heavy atom. The van der Waals surface area contributed by atoms with Crippen LogP contribution in [0.3, 0.4) is 0 Å². The van der Waals surface area contributed by atoms with Gasteiger partial charge in [0.15, 0.2) is 0 Å². The minimum absolute atomic E-state index is 0.340. The van der Waals surface area contributed by atoms with Crippen LogP contribution in [0.1, 0.15) is 5.56 Å². The van der Waals surface area contributed by atoms with E-state index in [1.165, 1.54) is 14.2 Å². The number of imide groups is 1. The fourth-order valence-electron chi connectivity index (χ4n) is 3.28. The van der Waals surface area contributed by atoms with Crippen LogP contribution in [0.2, 0.25) is 0 Å². The number of anilines is 1. The van der Waals surface area contributed by atoms with Crippen molar-refractivity contribution in [2.45, 2.75) is 5.41 Å². The first-order chi connectivity index (χ1) is 9.46. The molecule has 0 bridgehead atoms. The molecule has 6 heteroatoms. The van der Waals surface area contributed by atoms with E-state index >= 15 is 0 Å². The van der Waals surface area contributed by atoms with Gasteiger partial charge < -0.3 is 10.5 Å². The average molecular weight is 274 g/mol. The number of nitrogens with two attached hydrogens (primary N) is 1. The van der Waals surface area contributed by atoms with Crippen LogP contribution in [-0.4, -0.2) is 36.8 Å². The number of esters is 1. The molecule has 20 heavy (non-hydrogen) atoms. The van der Waals surface area contributed by atoms with Crippen molar-refractivity contribution in [2.75, 3.05) is 19.9 Å². The lowest BCUT2D eigenvalue weighted by Gasteiger charge is -2.21. The van der Waals surface area contributed by atoms with Crippen molar-refractivity contribution < 1.29 is 19.1 Å². The Hall–Kier alpha value is -2.37. The molecule has 104 valence electrons. The lowest BCUT2D eigenvalue weighted by molar-refractivity contribution is -0.151. The number of amides is 2. The summed E-state index contributed by atoms with van der Waals surface area (Å²) in [4.78, 5) is 37.5. The van der Waals surface area contributed by atoms with Crippen LogP contribution >= 0.6 is 0 Å². The molecule has 1 saturated heterocycles. The van der Waals surface area contributed by atoms with E-state index in [0.29, 0.717) is 11.3 Å². The van der Waals surface area contributed by atoms with E-state index in [0.717, 1.165) is 4.90 Å². The highest BCUT2D eigenvalue weighted by Crippen LogP contribution is 2.65. The lowest BCUT2D eigenvalue weighted by atomic mass is 9.89. The quantitative estimate of drug-likeness (QED) is 0.463. The zero-order chi connectivity index (χ0) is 14.7. The third-order valence-corrected chi connectivity index (χ3v) is 4.29. The number of ether oxygens (including phenoxy) is 1. The largest absolute Gasteiger partial charge is 0.468 e. The third kappa shape index (κ3) is 1.25. The Morgan fingerprint density at radius 2 is 1.90 bits per heavy atom. The molecule has 2 aliphatic rings. The van der Waals surface area contributed by atoms with Gasteiger partial charge >= 0.3 is 5.97 Å². The van der Waals surface area contributed by atoms with Crippen molar-refractivity contribution in [2.24, 2.45) is 11.8 Å². The predicted molar refractivity (Wildman–Crippen MR) is 69.3 cm³/mol. The van der Waals surface area contributed by atoms with Crippen LogP contribution in [0.5, 0.6) is 0 Å². The van der Waals surface area contributed by atoms with Gasteiger partial charge in [-0.1, -0.05) is 12.1 Å². The highest BCUT2D eigenvalue weighted by molar-refractivity contribution is 6.17. The van der Waals surface area contributed by atoms with Crippen LogP contribution in [0.4, 0.5) is 5.69 Å². The Bertz CT molecular complexity index is 618. The summed E-state index contributed by atoms with van der Waals surface area (Å²) >= 11 is 0. The second kappa shape index (κ2) is 3.82. The number of nitrogens with zero attached hydrogens (tertiary/aromatic N) is 1. The average Bonchev–Trinajstić information content (AvgIpc) is 3.09. The smallest absolute Gasteiger partial charge is 0.317 e. The number of hydrogen-bond acceptors (Lipinski definition) is 5. The zero-order valence-electron chi connectivity index (χ0n) is 11.1. The number of carbonyl (C=O) groups is 3. The first kappa shape index (κ1) is 12.7. The predicted octanol–water partition coefficient (Wildman–Crippen LogP) is -0.0758. The Morgan fingerprint density at radius 3 is 2.40 bits per heavy atom. The van der Waals surface area contributed by atoms with E-state index in [1.54, 1.807) is 24.3 Å². The normalized spacial score (nSPS) is 31.2. The molecule has 6 nitrogen and oxygen atoms in total. The molecule has 1 aromatic rings. The summed E-state index contributed by atoms with van der Waals surface area (Å²) in [6, 6.07) is 6.70. The van der Waals surface area contributed by atoms with Crippen molar-refractivity contribution in [1.82, 2.24) is 4.90 Å². The number of rotatable bonds is 2. The van der Waals surface area contributed by atoms with Gasteiger partial charge in [0.05, 0.1) is 18.9 Å². The minimum Gasteiger partial charge on any atom is -0.468 e. The molecule has 1 aliphatic heterocycles. The molecule has 0 radical (unpaired) electrons. The van der Waals surface area contributed by atoms with Gasteiger partial charge in [-0.25, -0.2) is 0 Å². The monoisotopic (exact) mass is 274 g/mol. The maximum atomic E-state index is 12.2. The summed E-state index contributed by atoms with van der Waals surface area (Å²) in [5.41, 5.74) is 5.58. The van der Waals surface area contributed by atoms with E-state index in [-0.39, 0.29) is 11.8 Å². The van der Waals surface area contributed by atoms with Gasteiger partial charge in [-0.15, -0.1) is 0 Å². The summed E-state index contributed by atoms with van der Waals surface area (Å²) in [6.07, 6.45) is 0. The third-order valence-electron chi connectivity index (χ3n) is 4.29. The van der Waals surface area contributed by atoms with Crippen LogP contribution in [-0.2, 0) is 24.5 Å². The molecule has 3 atom stereocenters. The van der Waals surface area contributed by atoms with Gasteiger partial charge in [0.1, 0.15) is 5.41 Å². The second-order valence-corrected chi connectivity index (χ2v) is 5.18. The van der Waals surface area contributed by atoms with E-state index in [9.17, 15) is 14.4 Å². The molecule has 1 aliphatic carbocycles. The summed E-state index contributed by atoms with van der Waals surface area (Å²) in [6.45, 7) is 0. The zero-order valence-corrected chi connectivity index (χ0v) is 11.1. The van der Waals surface area contributed by atoms with Crippen molar-refractivity contribution in [3.63, 3.8) is 0 Å². The van der Waals surface area contributed by atoms with E-state index < -0.39 is 23.2 Å². The molecule has 3 rings (SSSR count). The Balaban J connectivity index is 2.14. The van der Waals surface area contributed by atoms with Gasteiger partial charge in [-0.2, -0.15) is 0 Å². The first-order valence-electron chi connectivity index (χ1n) is 6.22. The molecule has 2 N–H and O–H groups in total. The maximum absolute atomic E-state index is 12.2. The van der Waals surface area contributed by atoms with Crippen LogP contribution < -0.4 is 5.73 Å². The van der Waals surface area contributed by atoms with Gasteiger partial charge in [-0.05, 0) is 17.7 Å². The first-order valence-corrected chi connectivity index (χ1v) is 6.22. The number of nitrogen functional groups attached to an aromatic ring is 1. The summed E-state index contributed by atoms with van der Waals surface area (Å²) in [7, 11) is 2.68. The Labute approximate surface area is 115 Å². The number of piperidine rings is 1. The van der Waals surface area contributed by atoms with E-state index in [2.05, 4.69) is 0 Å². The topological polar surface area (TPSA) is 89.7 Å². The summed E-state index contributed by atoms with van der Waals surface area (Å²) < 4.78 is 4.84. The minimum atomic E-state index is -1.20. The SMILES string of the molecule is COC(=O)C1(c2cccc(N)c2)[C@@H]2C(=O)N(C)C(=O)[C@@H]21. The number of benzene rings is 1. The van der Waals surface area contributed by atoms with Gasteiger partial charge in [0.25, 0.3) is 0 Å². The van der Waals surface area contributed by atoms with Gasteiger partial charge in [-0.3, -0.25) is 19.3 Å². The summed E-state index contributed by atoms with van der Waals surface area (Å²) in [5, 5.41) is 0. The standard InChI is InChI=1S/C14H14N2O4/c1-16-11(17)9-10(12(16)18)14(9,13(19)20-2)7-4-3-5-8(15)6-7/h3-6,9-10H,15H2,1-2H3/t9-,10+,14?. The van der Waals surface area contributed by atoms with E-state index in [1.807, 2.05) is 0 Å². The van der Waals surface area contributed by atoms with Gasteiger partial charge in [0.2, 0.25) is 11.8 Å². The molecule has 1 unspecified atom stereocenters. The number of likely N-dealkylation sites (tertiary alicyclic amines) is 1. The number of fused-ring (bicyclic) bond motifs is 1. The van der Waals surface area contributed by atoms with Gasteiger partial charge in [0, 0.05) is 12.7 Å². The molecule has 1 heterocycles. The molecule has 1 aromatic carbocycles. The number of methoxy groups -OCH3 is 1. The molecular weight excluding hydrogens is 260 g/mol. The van der Waals surface area contributed by atoms with Crippen molar-refractivity contribution in [3.8, 4) is 0 Å². The fraction of sp³-hybridized carbons (Fsp3) is 0.357. The maximum Gasteiger partial charge on any atom is 0.317 e. The number of carbonyl (C=O) groups excluding carboxylic acids is 3. The Kier molecular flexibility index (Phi) is 2.41.